The molecule has 1 unspecified atom stereocenters. The lowest BCUT2D eigenvalue weighted by molar-refractivity contribution is -0.118. The van der Waals surface area contributed by atoms with Gasteiger partial charge in [-0.05, 0) is 43.3 Å². The molecule has 134 valence electrons. The Balaban J connectivity index is 1.60. The number of amides is 1. The second-order valence-electron chi connectivity index (χ2n) is 6.79. The molecule has 2 aromatic carbocycles. The van der Waals surface area contributed by atoms with Gasteiger partial charge in [0.25, 0.3) is 0 Å². The van der Waals surface area contributed by atoms with Crippen molar-refractivity contribution in [3.63, 3.8) is 0 Å². The van der Waals surface area contributed by atoms with Crippen LogP contribution in [0.4, 0.5) is 5.13 Å². The summed E-state index contributed by atoms with van der Waals surface area (Å²) in [5.74, 6) is 0.593. The number of fused-ring (bicyclic) bond motifs is 2. The number of carbonyl (C=O) groups is 1. The van der Waals surface area contributed by atoms with Crippen molar-refractivity contribution < 1.29 is 9.53 Å². The van der Waals surface area contributed by atoms with Gasteiger partial charge in [0.15, 0.2) is 5.13 Å². The number of hydrogen-bond donors (Lipinski definition) is 1. The number of methoxy groups -OCH3 is 1. The Morgan fingerprint density at radius 3 is 2.96 bits per heavy atom. The van der Waals surface area contributed by atoms with Crippen LogP contribution in [0, 0.1) is 6.92 Å². The molecule has 0 saturated heterocycles. The van der Waals surface area contributed by atoms with Crippen molar-refractivity contribution in [3.8, 4) is 5.75 Å². The van der Waals surface area contributed by atoms with E-state index < -0.39 is 0 Å². The van der Waals surface area contributed by atoms with Gasteiger partial charge in [0.1, 0.15) is 5.75 Å². The predicted molar refractivity (Wildman–Crippen MR) is 105 cm³/mol. The molecule has 4 rings (SSSR count). The molecule has 26 heavy (non-hydrogen) atoms. The molecule has 3 aromatic rings. The molecule has 1 atom stereocenters. The van der Waals surface area contributed by atoms with Gasteiger partial charge in [0.05, 0.1) is 23.2 Å². The molecule has 5 nitrogen and oxygen atoms in total. The molecular weight excluding hydrogens is 346 g/mol. The third-order valence-electron chi connectivity index (χ3n) is 4.75. The molecule has 0 radical (unpaired) electrons. The fraction of sp³-hybridized carbons (Fsp3) is 0.300. The maximum atomic E-state index is 13.0. The fourth-order valence-corrected chi connectivity index (χ4v) is 4.38. The van der Waals surface area contributed by atoms with E-state index in [4.69, 9.17) is 4.74 Å². The monoisotopic (exact) mass is 367 g/mol. The first-order valence-electron chi connectivity index (χ1n) is 8.57. The van der Waals surface area contributed by atoms with Gasteiger partial charge in [-0.25, -0.2) is 4.98 Å². The summed E-state index contributed by atoms with van der Waals surface area (Å²) in [6, 6.07) is 12.1. The maximum absolute atomic E-state index is 13.0. The van der Waals surface area contributed by atoms with Crippen LogP contribution in [0.15, 0.2) is 36.4 Å². The number of aryl methyl sites for hydroxylation is 1. The minimum atomic E-state index is -0.189. The lowest BCUT2D eigenvalue weighted by Gasteiger charge is -2.31. The summed E-state index contributed by atoms with van der Waals surface area (Å²) >= 11 is 1.47. The van der Waals surface area contributed by atoms with E-state index in [2.05, 4.69) is 47.4 Å². The first-order valence-corrected chi connectivity index (χ1v) is 9.38. The highest BCUT2D eigenvalue weighted by Gasteiger charge is 2.29. The van der Waals surface area contributed by atoms with E-state index in [1.165, 1.54) is 22.5 Å². The molecule has 1 aliphatic heterocycles. The van der Waals surface area contributed by atoms with Crippen molar-refractivity contribution in [2.45, 2.75) is 19.4 Å². The summed E-state index contributed by atoms with van der Waals surface area (Å²) in [5.41, 5.74) is 4.43. The molecule has 0 fully saturated rings. The number of nitrogens with zero attached hydrogens (tertiary/aromatic N) is 2. The zero-order chi connectivity index (χ0) is 18.3. The van der Waals surface area contributed by atoms with Crippen LogP contribution in [0.5, 0.6) is 5.75 Å². The lowest BCUT2D eigenvalue weighted by Crippen LogP contribution is -2.36. The van der Waals surface area contributed by atoms with Crippen molar-refractivity contribution in [1.29, 1.82) is 0 Å². The molecule has 0 bridgehead atoms. The SMILES string of the molecule is COc1ccc2nc(NC(=O)C3CN(C)Cc4cc(C)ccc43)sc2c1. The molecule has 1 amide bonds. The van der Waals surface area contributed by atoms with Crippen LogP contribution in [-0.4, -0.2) is 36.5 Å². The van der Waals surface area contributed by atoms with Crippen molar-refractivity contribution in [2.75, 3.05) is 26.0 Å². The highest BCUT2D eigenvalue weighted by Crippen LogP contribution is 2.32. The number of carbonyl (C=O) groups excluding carboxylic acids is 1. The summed E-state index contributed by atoms with van der Waals surface area (Å²) in [4.78, 5) is 19.7. The summed E-state index contributed by atoms with van der Waals surface area (Å²) in [7, 11) is 3.69. The summed E-state index contributed by atoms with van der Waals surface area (Å²) < 4.78 is 6.25. The predicted octanol–water partition coefficient (Wildman–Crippen LogP) is 3.78. The van der Waals surface area contributed by atoms with Crippen LogP contribution in [0.2, 0.25) is 0 Å². The van der Waals surface area contributed by atoms with Gasteiger partial charge in [-0.2, -0.15) is 0 Å². The Morgan fingerprint density at radius 2 is 2.15 bits per heavy atom. The number of likely N-dealkylation sites (N-methyl/N-ethyl adjacent to an activating group) is 1. The Kier molecular flexibility index (Phi) is 4.38. The van der Waals surface area contributed by atoms with Crippen LogP contribution >= 0.6 is 11.3 Å². The Hall–Kier alpha value is -2.44. The molecule has 0 spiro atoms. The largest absolute Gasteiger partial charge is 0.497 e. The molecule has 1 N–H and O–H groups in total. The highest BCUT2D eigenvalue weighted by atomic mass is 32.1. The number of nitrogens with one attached hydrogen (secondary N) is 1. The second-order valence-corrected chi connectivity index (χ2v) is 7.82. The zero-order valence-corrected chi connectivity index (χ0v) is 15.9. The van der Waals surface area contributed by atoms with E-state index in [1.54, 1.807) is 7.11 Å². The van der Waals surface area contributed by atoms with Crippen LogP contribution < -0.4 is 10.1 Å². The van der Waals surface area contributed by atoms with E-state index in [-0.39, 0.29) is 11.8 Å². The van der Waals surface area contributed by atoms with Gasteiger partial charge in [-0.15, -0.1) is 0 Å². The van der Waals surface area contributed by atoms with E-state index in [0.29, 0.717) is 11.7 Å². The van der Waals surface area contributed by atoms with Gasteiger partial charge >= 0.3 is 0 Å². The Labute approximate surface area is 156 Å². The molecule has 2 heterocycles. The van der Waals surface area contributed by atoms with E-state index in [9.17, 15) is 4.79 Å². The van der Waals surface area contributed by atoms with Crippen LogP contribution in [0.25, 0.3) is 10.2 Å². The number of rotatable bonds is 3. The lowest BCUT2D eigenvalue weighted by atomic mass is 9.88. The highest BCUT2D eigenvalue weighted by molar-refractivity contribution is 7.22. The van der Waals surface area contributed by atoms with E-state index in [0.717, 1.165) is 28.1 Å². The second kappa shape index (κ2) is 6.70. The number of aromatic nitrogens is 1. The molecule has 1 aromatic heterocycles. The van der Waals surface area contributed by atoms with Crippen molar-refractivity contribution in [1.82, 2.24) is 9.88 Å². The summed E-state index contributed by atoms with van der Waals surface area (Å²) in [6.07, 6.45) is 0. The molecule has 6 heteroatoms. The topological polar surface area (TPSA) is 54.5 Å². The van der Waals surface area contributed by atoms with Crippen molar-refractivity contribution in [2.24, 2.45) is 0 Å². The average molecular weight is 367 g/mol. The Bertz CT molecular complexity index is 982. The van der Waals surface area contributed by atoms with Crippen molar-refractivity contribution >= 4 is 32.6 Å². The normalized spacial score (nSPS) is 17.1. The number of benzene rings is 2. The summed E-state index contributed by atoms with van der Waals surface area (Å²) in [6.45, 7) is 3.67. The molecule has 0 aliphatic carbocycles. The van der Waals surface area contributed by atoms with Gasteiger partial charge < -0.3 is 15.0 Å². The number of anilines is 1. The minimum absolute atomic E-state index is 0.00678. The summed E-state index contributed by atoms with van der Waals surface area (Å²) in [5, 5.41) is 3.64. The third-order valence-corrected chi connectivity index (χ3v) is 5.68. The smallest absolute Gasteiger partial charge is 0.235 e. The number of thiazole rings is 1. The zero-order valence-electron chi connectivity index (χ0n) is 15.1. The standard InChI is InChI=1S/C20H21N3O2S/c1-12-4-6-15-13(8-12)10-23(2)11-16(15)19(24)22-20-21-17-7-5-14(25-3)9-18(17)26-20/h4-9,16H,10-11H2,1-3H3,(H,21,22,24). The van der Waals surface area contributed by atoms with Gasteiger partial charge in [0.2, 0.25) is 5.91 Å². The van der Waals surface area contributed by atoms with E-state index in [1.807, 2.05) is 18.2 Å². The van der Waals surface area contributed by atoms with Gasteiger partial charge in [-0.3, -0.25) is 4.79 Å². The number of hydrogen-bond acceptors (Lipinski definition) is 5. The quantitative estimate of drug-likeness (QED) is 0.765. The average Bonchev–Trinajstić information content (AvgIpc) is 3.01. The molecule has 1 aliphatic rings. The first-order chi connectivity index (χ1) is 12.5. The Morgan fingerprint density at radius 1 is 1.31 bits per heavy atom. The van der Waals surface area contributed by atoms with Crippen molar-refractivity contribution in [3.05, 3.63) is 53.1 Å². The fourth-order valence-electron chi connectivity index (χ4n) is 3.48. The minimum Gasteiger partial charge on any atom is -0.497 e. The first kappa shape index (κ1) is 17.0. The third kappa shape index (κ3) is 3.18. The van der Waals surface area contributed by atoms with Gasteiger partial charge in [0, 0.05) is 13.1 Å². The van der Waals surface area contributed by atoms with Gasteiger partial charge in [-0.1, -0.05) is 35.1 Å². The van der Waals surface area contributed by atoms with E-state index >= 15 is 0 Å². The molecule has 0 saturated carbocycles. The van der Waals surface area contributed by atoms with Crippen LogP contribution in [-0.2, 0) is 11.3 Å². The number of ether oxygens (including phenoxy) is 1. The van der Waals surface area contributed by atoms with Crippen LogP contribution in [0.1, 0.15) is 22.6 Å². The van der Waals surface area contributed by atoms with Crippen LogP contribution in [0.3, 0.4) is 0 Å². The maximum Gasteiger partial charge on any atom is 0.235 e. The molecular formula is C20H21N3O2S.